The fraction of sp³-hybridized carbons (Fsp3) is 0.211. The lowest BCUT2D eigenvalue weighted by Gasteiger charge is -2.18. The van der Waals surface area contributed by atoms with Crippen LogP contribution in [0.15, 0.2) is 68.7 Å². The fourth-order valence-electron chi connectivity index (χ4n) is 2.75. The summed E-state index contributed by atoms with van der Waals surface area (Å²) in [5, 5.41) is 0.520. The molecule has 3 aromatic rings. The SMILES string of the molecule is CCN(CC)S(=O)(=O)c1ccc(-c2cc(=O)c3ccccc3o2)cc1. The molecule has 0 aliphatic heterocycles. The molecule has 0 aliphatic rings. The number of hydrogen-bond donors (Lipinski definition) is 0. The Hall–Kier alpha value is -2.44. The first-order valence-corrected chi connectivity index (χ1v) is 9.55. The molecule has 5 nitrogen and oxygen atoms in total. The van der Waals surface area contributed by atoms with Crippen LogP contribution in [-0.2, 0) is 10.0 Å². The van der Waals surface area contributed by atoms with Crippen LogP contribution in [0.2, 0.25) is 0 Å². The largest absolute Gasteiger partial charge is 0.456 e. The Balaban J connectivity index is 2.02. The number of hydrogen-bond acceptors (Lipinski definition) is 4. The summed E-state index contributed by atoms with van der Waals surface area (Å²) in [7, 11) is -3.50. The first-order valence-electron chi connectivity index (χ1n) is 8.11. The molecule has 0 N–H and O–H groups in total. The van der Waals surface area contributed by atoms with Gasteiger partial charge in [-0.15, -0.1) is 0 Å². The molecule has 1 aromatic heterocycles. The van der Waals surface area contributed by atoms with Gasteiger partial charge in [0.15, 0.2) is 5.43 Å². The number of sulfonamides is 1. The van der Waals surface area contributed by atoms with E-state index < -0.39 is 10.0 Å². The molecule has 0 bridgehead atoms. The van der Waals surface area contributed by atoms with Crippen LogP contribution < -0.4 is 5.43 Å². The second kappa shape index (κ2) is 6.82. The van der Waals surface area contributed by atoms with E-state index in [1.54, 1.807) is 50.2 Å². The third-order valence-electron chi connectivity index (χ3n) is 4.12. The van der Waals surface area contributed by atoms with Gasteiger partial charge in [0.1, 0.15) is 11.3 Å². The smallest absolute Gasteiger partial charge is 0.243 e. The first-order chi connectivity index (χ1) is 12.0. The van der Waals surface area contributed by atoms with E-state index in [9.17, 15) is 13.2 Å². The Morgan fingerprint density at radius 3 is 2.24 bits per heavy atom. The summed E-state index contributed by atoms with van der Waals surface area (Å²) in [5.41, 5.74) is 1.03. The molecule has 0 saturated heterocycles. The van der Waals surface area contributed by atoms with Crippen molar-refractivity contribution >= 4 is 21.0 Å². The van der Waals surface area contributed by atoms with Crippen molar-refractivity contribution in [2.45, 2.75) is 18.7 Å². The van der Waals surface area contributed by atoms with Crippen molar-refractivity contribution in [2.75, 3.05) is 13.1 Å². The van der Waals surface area contributed by atoms with Gasteiger partial charge in [-0.05, 0) is 36.4 Å². The van der Waals surface area contributed by atoms with Crippen LogP contribution in [0.5, 0.6) is 0 Å². The average Bonchev–Trinajstić information content (AvgIpc) is 2.62. The molecular weight excluding hydrogens is 338 g/mol. The molecular formula is C19H19NO4S. The van der Waals surface area contributed by atoms with E-state index in [0.29, 0.717) is 35.4 Å². The molecule has 0 radical (unpaired) electrons. The van der Waals surface area contributed by atoms with Crippen molar-refractivity contribution in [3.8, 4) is 11.3 Å². The number of rotatable bonds is 5. The summed E-state index contributed by atoms with van der Waals surface area (Å²) in [6.45, 7) is 4.44. The maximum atomic E-state index is 12.5. The van der Waals surface area contributed by atoms with E-state index in [4.69, 9.17) is 4.42 Å². The van der Waals surface area contributed by atoms with Crippen LogP contribution in [0.3, 0.4) is 0 Å². The highest BCUT2D eigenvalue weighted by atomic mass is 32.2. The Labute approximate surface area is 146 Å². The zero-order valence-corrected chi connectivity index (χ0v) is 14.9. The summed E-state index contributed by atoms with van der Waals surface area (Å²) in [6.07, 6.45) is 0. The van der Waals surface area contributed by atoms with Crippen molar-refractivity contribution in [1.82, 2.24) is 4.31 Å². The Bertz CT molecular complexity index is 1050. The molecule has 0 amide bonds. The van der Waals surface area contributed by atoms with E-state index in [1.807, 2.05) is 0 Å². The van der Waals surface area contributed by atoms with Crippen molar-refractivity contribution in [3.05, 3.63) is 64.8 Å². The van der Waals surface area contributed by atoms with Crippen LogP contribution in [0, 0.1) is 0 Å². The molecule has 25 heavy (non-hydrogen) atoms. The first kappa shape index (κ1) is 17.4. The highest BCUT2D eigenvalue weighted by Gasteiger charge is 2.21. The quantitative estimate of drug-likeness (QED) is 0.701. The third-order valence-corrected chi connectivity index (χ3v) is 6.18. The van der Waals surface area contributed by atoms with Crippen LogP contribution in [-0.4, -0.2) is 25.8 Å². The summed E-state index contributed by atoms with van der Waals surface area (Å²) in [5.74, 6) is 0.412. The zero-order chi connectivity index (χ0) is 18.0. The van der Waals surface area contributed by atoms with E-state index in [1.165, 1.54) is 22.5 Å². The number of benzene rings is 2. The molecule has 3 rings (SSSR count). The lowest BCUT2D eigenvalue weighted by Crippen LogP contribution is -2.30. The predicted molar refractivity (Wildman–Crippen MR) is 98.0 cm³/mol. The van der Waals surface area contributed by atoms with Gasteiger partial charge in [0, 0.05) is 24.7 Å². The molecule has 1 heterocycles. The summed E-state index contributed by atoms with van der Waals surface area (Å²) >= 11 is 0. The minimum absolute atomic E-state index is 0.128. The molecule has 6 heteroatoms. The molecule has 0 spiro atoms. The van der Waals surface area contributed by atoms with E-state index in [0.717, 1.165) is 0 Å². The Morgan fingerprint density at radius 2 is 1.60 bits per heavy atom. The van der Waals surface area contributed by atoms with Gasteiger partial charge in [-0.25, -0.2) is 8.42 Å². The predicted octanol–water partition coefficient (Wildman–Crippen LogP) is 3.49. The topological polar surface area (TPSA) is 67.6 Å². The van der Waals surface area contributed by atoms with Crippen molar-refractivity contribution in [3.63, 3.8) is 0 Å². The van der Waals surface area contributed by atoms with Crippen LogP contribution >= 0.6 is 0 Å². The van der Waals surface area contributed by atoms with E-state index >= 15 is 0 Å². The van der Waals surface area contributed by atoms with E-state index in [2.05, 4.69) is 0 Å². The standard InChI is InChI=1S/C19H19NO4S/c1-3-20(4-2)25(22,23)15-11-9-14(10-12-15)19-13-17(21)16-7-5-6-8-18(16)24-19/h5-13H,3-4H2,1-2H3. The van der Waals surface area contributed by atoms with Gasteiger partial charge in [-0.2, -0.15) is 4.31 Å². The van der Waals surface area contributed by atoms with Gasteiger partial charge in [0.25, 0.3) is 0 Å². The van der Waals surface area contributed by atoms with E-state index in [-0.39, 0.29) is 10.3 Å². The van der Waals surface area contributed by atoms with Gasteiger partial charge in [0.05, 0.1) is 10.3 Å². The second-order valence-electron chi connectivity index (χ2n) is 5.58. The normalized spacial score (nSPS) is 12.0. The van der Waals surface area contributed by atoms with Gasteiger partial charge >= 0.3 is 0 Å². The van der Waals surface area contributed by atoms with Crippen LogP contribution in [0.25, 0.3) is 22.3 Å². The molecule has 2 aromatic carbocycles. The number of fused-ring (bicyclic) bond motifs is 1. The van der Waals surface area contributed by atoms with Crippen molar-refractivity contribution in [1.29, 1.82) is 0 Å². The summed E-state index contributed by atoms with van der Waals surface area (Å²) in [4.78, 5) is 12.4. The molecule has 0 fully saturated rings. The minimum Gasteiger partial charge on any atom is -0.456 e. The van der Waals surface area contributed by atoms with Gasteiger partial charge in [0.2, 0.25) is 10.0 Å². The van der Waals surface area contributed by atoms with Crippen LogP contribution in [0.4, 0.5) is 0 Å². The van der Waals surface area contributed by atoms with Crippen LogP contribution in [0.1, 0.15) is 13.8 Å². The third kappa shape index (κ3) is 3.23. The average molecular weight is 357 g/mol. The molecule has 0 atom stereocenters. The lowest BCUT2D eigenvalue weighted by molar-refractivity contribution is 0.445. The lowest BCUT2D eigenvalue weighted by atomic mass is 10.1. The Morgan fingerprint density at radius 1 is 0.960 bits per heavy atom. The van der Waals surface area contributed by atoms with Gasteiger partial charge < -0.3 is 4.42 Å². The van der Waals surface area contributed by atoms with Crippen molar-refractivity contribution in [2.24, 2.45) is 0 Å². The maximum absolute atomic E-state index is 12.5. The second-order valence-corrected chi connectivity index (χ2v) is 7.52. The highest BCUT2D eigenvalue weighted by Crippen LogP contribution is 2.24. The number of para-hydroxylation sites is 1. The zero-order valence-electron chi connectivity index (χ0n) is 14.1. The maximum Gasteiger partial charge on any atom is 0.243 e. The minimum atomic E-state index is -3.50. The van der Waals surface area contributed by atoms with Gasteiger partial charge in [-0.1, -0.05) is 26.0 Å². The molecule has 0 saturated carbocycles. The summed E-state index contributed by atoms with van der Waals surface area (Å²) in [6, 6.07) is 14.9. The Kier molecular flexibility index (Phi) is 4.74. The molecule has 0 aliphatic carbocycles. The summed E-state index contributed by atoms with van der Waals surface area (Å²) < 4.78 is 32.2. The fourth-order valence-corrected chi connectivity index (χ4v) is 4.21. The number of nitrogens with zero attached hydrogens (tertiary/aromatic N) is 1. The van der Waals surface area contributed by atoms with Gasteiger partial charge in [-0.3, -0.25) is 4.79 Å². The van der Waals surface area contributed by atoms with Crippen molar-refractivity contribution < 1.29 is 12.8 Å². The monoisotopic (exact) mass is 357 g/mol. The molecule has 130 valence electrons. The molecule has 0 unspecified atom stereocenters. The highest BCUT2D eigenvalue weighted by molar-refractivity contribution is 7.89.